The monoisotopic (exact) mass is 301 g/mol. The van der Waals surface area contributed by atoms with Crippen molar-refractivity contribution in [3.05, 3.63) is 63.7 Å². The zero-order valence-electron chi connectivity index (χ0n) is 12.2. The number of non-ortho nitro benzene ring substituents is 1. The molecule has 6 heteroatoms. The van der Waals surface area contributed by atoms with E-state index >= 15 is 0 Å². The summed E-state index contributed by atoms with van der Waals surface area (Å²) < 4.78 is 10.4. The first-order valence-electron chi connectivity index (χ1n) is 6.60. The molecule has 0 heterocycles. The summed E-state index contributed by atoms with van der Waals surface area (Å²) in [4.78, 5) is 21.7. The van der Waals surface area contributed by atoms with Crippen molar-refractivity contribution >= 4 is 11.7 Å². The fraction of sp³-hybridized carbons (Fsp3) is 0.188. The van der Waals surface area contributed by atoms with E-state index in [0.717, 1.165) is 11.1 Å². The van der Waals surface area contributed by atoms with Gasteiger partial charge in [0.15, 0.2) is 6.61 Å². The number of hydrogen-bond donors (Lipinski definition) is 0. The molecule has 0 aliphatic rings. The zero-order valence-corrected chi connectivity index (χ0v) is 12.2. The summed E-state index contributed by atoms with van der Waals surface area (Å²) in [6.07, 6.45) is 0. The van der Waals surface area contributed by atoms with Crippen molar-refractivity contribution < 1.29 is 19.2 Å². The Bertz CT molecular complexity index is 674. The van der Waals surface area contributed by atoms with Gasteiger partial charge in [0.1, 0.15) is 11.5 Å². The van der Waals surface area contributed by atoms with E-state index in [1.807, 2.05) is 32.0 Å². The number of hydrogen-bond acceptors (Lipinski definition) is 5. The van der Waals surface area contributed by atoms with Gasteiger partial charge < -0.3 is 9.47 Å². The fourth-order valence-electron chi connectivity index (χ4n) is 1.96. The minimum atomic E-state index is -0.576. The molecule has 0 N–H and O–H groups in total. The van der Waals surface area contributed by atoms with E-state index in [0.29, 0.717) is 5.75 Å². The average Bonchev–Trinajstić information content (AvgIpc) is 2.45. The Morgan fingerprint density at radius 2 is 1.64 bits per heavy atom. The molecule has 2 rings (SSSR count). The van der Waals surface area contributed by atoms with Crippen molar-refractivity contribution in [2.24, 2.45) is 0 Å². The Hall–Kier alpha value is -2.89. The lowest BCUT2D eigenvalue weighted by molar-refractivity contribution is -0.384. The molecule has 22 heavy (non-hydrogen) atoms. The van der Waals surface area contributed by atoms with Crippen molar-refractivity contribution in [2.45, 2.75) is 13.8 Å². The summed E-state index contributed by atoms with van der Waals surface area (Å²) in [5.74, 6) is 0.255. The molecule has 0 spiro atoms. The van der Waals surface area contributed by atoms with Gasteiger partial charge in [-0.2, -0.15) is 0 Å². The van der Waals surface area contributed by atoms with E-state index in [1.54, 1.807) is 0 Å². The van der Waals surface area contributed by atoms with Gasteiger partial charge in [0.05, 0.1) is 4.92 Å². The van der Waals surface area contributed by atoms with Crippen molar-refractivity contribution in [2.75, 3.05) is 6.61 Å². The molecule has 0 bridgehead atoms. The number of nitro benzene ring substituents is 1. The van der Waals surface area contributed by atoms with E-state index in [4.69, 9.17) is 9.47 Å². The van der Waals surface area contributed by atoms with Gasteiger partial charge in [-0.25, -0.2) is 4.79 Å². The van der Waals surface area contributed by atoms with Crippen molar-refractivity contribution in [1.82, 2.24) is 0 Å². The third-order valence-corrected chi connectivity index (χ3v) is 2.83. The Balaban J connectivity index is 1.91. The number of carbonyl (C=O) groups excluding carboxylic acids is 1. The SMILES string of the molecule is Cc1cc(C)cc(OCC(=O)Oc2ccc([N+](=O)[O-])cc2)c1. The Morgan fingerprint density at radius 1 is 1.05 bits per heavy atom. The third kappa shape index (κ3) is 4.31. The van der Waals surface area contributed by atoms with E-state index in [1.165, 1.54) is 24.3 Å². The lowest BCUT2D eigenvalue weighted by Gasteiger charge is -2.08. The molecule has 6 nitrogen and oxygen atoms in total. The highest BCUT2D eigenvalue weighted by Crippen LogP contribution is 2.18. The van der Waals surface area contributed by atoms with Gasteiger partial charge in [-0.1, -0.05) is 6.07 Å². The van der Waals surface area contributed by atoms with Crippen LogP contribution >= 0.6 is 0 Å². The lowest BCUT2D eigenvalue weighted by atomic mass is 10.1. The zero-order chi connectivity index (χ0) is 16.1. The first kappa shape index (κ1) is 15.5. The fourth-order valence-corrected chi connectivity index (χ4v) is 1.96. The minimum Gasteiger partial charge on any atom is -0.482 e. The molecule has 0 amide bonds. The van der Waals surface area contributed by atoms with Gasteiger partial charge in [-0.15, -0.1) is 0 Å². The number of rotatable bonds is 5. The highest BCUT2D eigenvalue weighted by atomic mass is 16.6. The minimum absolute atomic E-state index is 0.0636. The number of ether oxygens (including phenoxy) is 2. The molecule has 114 valence electrons. The summed E-state index contributed by atoms with van der Waals surface area (Å²) in [5, 5.41) is 10.5. The Kier molecular flexibility index (Phi) is 4.73. The van der Waals surface area contributed by atoms with Gasteiger partial charge in [-0.3, -0.25) is 10.1 Å². The summed E-state index contributed by atoms with van der Waals surface area (Å²) >= 11 is 0. The first-order chi connectivity index (χ1) is 10.4. The molecule has 2 aromatic rings. The van der Waals surface area contributed by atoms with Crippen molar-refractivity contribution in [1.29, 1.82) is 0 Å². The van der Waals surface area contributed by atoms with Crippen LogP contribution in [0.25, 0.3) is 0 Å². The predicted octanol–water partition coefficient (Wildman–Crippen LogP) is 3.20. The summed E-state index contributed by atoms with van der Waals surface area (Å²) in [5.41, 5.74) is 2.02. The van der Waals surface area contributed by atoms with E-state index in [2.05, 4.69) is 0 Å². The first-order valence-corrected chi connectivity index (χ1v) is 6.60. The standard InChI is InChI=1S/C16H15NO5/c1-11-7-12(2)9-15(8-11)21-10-16(18)22-14-5-3-13(4-6-14)17(19)20/h3-9H,10H2,1-2H3. The number of nitrogens with zero attached hydrogens (tertiary/aromatic N) is 1. The maximum Gasteiger partial charge on any atom is 0.349 e. The molecule has 0 aliphatic heterocycles. The Morgan fingerprint density at radius 3 is 2.18 bits per heavy atom. The Labute approximate surface area is 127 Å². The van der Waals surface area contributed by atoms with Crippen LogP contribution in [0.2, 0.25) is 0 Å². The molecule has 2 aromatic carbocycles. The molecule has 0 aromatic heterocycles. The second-order valence-corrected chi connectivity index (χ2v) is 4.84. The van der Waals surface area contributed by atoms with Gasteiger partial charge >= 0.3 is 5.97 Å². The second kappa shape index (κ2) is 6.71. The van der Waals surface area contributed by atoms with Crippen LogP contribution in [0.3, 0.4) is 0 Å². The molecular formula is C16H15NO5. The number of nitro groups is 1. The quantitative estimate of drug-likeness (QED) is 0.367. The van der Waals surface area contributed by atoms with Crippen LogP contribution in [0, 0.1) is 24.0 Å². The van der Waals surface area contributed by atoms with Crippen LogP contribution in [0.4, 0.5) is 5.69 Å². The summed E-state index contributed by atoms with van der Waals surface area (Å²) in [6.45, 7) is 3.64. The highest BCUT2D eigenvalue weighted by Gasteiger charge is 2.09. The molecule has 0 unspecified atom stereocenters. The number of benzene rings is 2. The summed E-state index contributed by atoms with van der Waals surface area (Å²) in [6, 6.07) is 10.9. The molecular weight excluding hydrogens is 286 g/mol. The highest BCUT2D eigenvalue weighted by molar-refractivity contribution is 5.74. The van der Waals surface area contributed by atoms with Gasteiger partial charge in [0.25, 0.3) is 5.69 Å². The smallest absolute Gasteiger partial charge is 0.349 e. The largest absolute Gasteiger partial charge is 0.482 e. The third-order valence-electron chi connectivity index (χ3n) is 2.83. The molecule has 0 saturated heterocycles. The number of carbonyl (C=O) groups is 1. The van der Waals surface area contributed by atoms with Gasteiger partial charge in [0, 0.05) is 12.1 Å². The van der Waals surface area contributed by atoms with Crippen molar-refractivity contribution in [3.8, 4) is 11.5 Å². The topological polar surface area (TPSA) is 78.7 Å². The number of aryl methyl sites for hydroxylation is 2. The number of esters is 1. The van der Waals surface area contributed by atoms with Crippen LogP contribution in [-0.4, -0.2) is 17.5 Å². The van der Waals surface area contributed by atoms with Crippen LogP contribution < -0.4 is 9.47 Å². The molecule has 0 saturated carbocycles. The van der Waals surface area contributed by atoms with Crippen LogP contribution in [0.5, 0.6) is 11.5 Å². The van der Waals surface area contributed by atoms with Gasteiger partial charge in [-0.05, 0) is 49.2 Å². The van der Waals surface area contributed by atoms with E-state index in [-0.39, 0.29) is 18.0 Å². The van der Waals surface area contributed by atoms with Crippen LogP contribution in [0.1, 0.15) is 11.1 Å². The summed E-state index contributed by atoms with van der Waals surface area (Å²) in [7, 11) is 0. The van der Waals surface area contributed by atoms with Crippen LogP contribution in [-0.2, 0) is 4.79 Å². The molecule has 0 aliphatic carbocycles. The second-order valence-electron chi connectivity index (χ2n) is 4.84. The van der Waals surface area contributed by atoms with E-state index in [9.17, 15) is 14.9 Å². The molecule has 0 fully saturated rings. The van der Waals surface area contributed by atoms with Crippen molar-refractivity contribution in [3.63, 3.8) is 0 Å². The molecule has 0 atom stereocenters. The van der Waals surface area contributed by atoms with E-state index < -0.39 is 10.9 Å². The normalized spacial score (nSPS) is 10.1. The lowest BCUT2D eigenvalue weighted by Crippen LogP contribution is -2.17. The van der Waals surface area contributed by atoms with Gasteiger partial charge in [0.2, 0.25) is 0 Å². The average molecular weight is 301 g/mol. The predicted molar refractivity (Wildman–Crippen MR) is 80.1 cm³/mol. The maximum absolute atomic E-state index is 11.7. The van der Waals surface area contributed by atoms with Crippen LogP contribution in [0.15, 0.2) is 42.5 Å². The maximum atomic E-state index is 11.7. The molecule has 0 radical (unpaired) electrons.